The molecule has 9 heteroatoms. The van der Waals surface area contributed by atoms with E-state index in [0.717, 1.165) is 50.5 Å². The standard InChI is InChI=1S/C21H22N6O2S/c1-22-18-15-16(27(2)11-24-15)17-19(25-18)26-21(30-17)13-7-5-12(6-8-13)10-23-20(28)14-4-3-9-29-14/h5-8,11,14H,3-4,9-10H2,1-2H3,(H,22,25)(H,23,28). The second-order valence-corrected chi connectivity index (χ2v) is 8.35. The van der Waals surface area contributed by atoms with Crippen molar-refractivity contribution in [1.82, 2.24) is 24.8 Å². The van der Waals surface area contributed by atoms with Gasteiger partial charge in [0.05, 0.1) is 11.8 Å². The summed E-state index contributed by atoms with van der Waals surface area (Å²) in [6.07, 6.45) is 3.25. The van der Waals surface area contributed by atoms with Crippen LogP contribution in [-0.4, -0.2) is 45.2 Å². The van der Waals surface area contributed by atoms with Gasteiger partial charge >= 0.3 is 0 Å². The molecule has 0 spiro atoms. The number of thiazole rings is 1. The zero-order valence-electron chi connectivity index (χ0n) is 16.8. The number of anilines is 1. The molecule has 5 rings (SSSR count). The van der Waals surface area contributed by atoms with Crippen molar-refractivity contribution in [1.29, 1.82) is 0 Å². The van der Waals surface area contributed by atoms with Crippen LogP contribution in [-0.2, 0) is 23.1 Å². The second-order valence-electron chi connectivity index (χ2n) is 7.35. The fourth-order valence-electron chi connectivity index (χ4n) is 3.72. The van der Waals surface area contributed by atoms with Gasteiger partial charge in [0.25, 0.3) is 0 Å². The van der Waals surface area contributed by atoms with Crippen LogP contribution in [0.5, 0.6) is 0 Å². The molecule has 8 nitrogen and oxygen atoms in total. The van der Waals surface area contributed by atoms with Crippen LogP contribution in [0.25, 0.3) is 32.0 Å². The molecule has 1 fully saturated rings. The van der Waals surface area contributed by atoms with E-state index in [2.05, 4.69) is 20.6 Å². The molecule has 0 radical (unpaired) electrons. The summed E-state index contributed by atoms with van der Waals surface area (Å²) in [5, 5.41) is 6.97. The Morgan fingerprint density at radius 2 is 2.13 bits per heavy atom. The SMILES string of the molecule is CNc1nc2nc(-c3ccc(CNC(=O)C4CCCO4)cc3)sc2c2c1ncn2C. The molecule has 1 unspecified atom stereocenters. The minimum Gasteiger partial charge on any atom is -0.371 e. The van der Waals surface area contributed by atoms with E-state index in [-0.39, 0.29) is 12.0 Å². The molecule has 2 N–H and O–H groups in total. The van der Waals surface area contributed by atoms with Gasteiger partial charge in [-0.15, -0.1) is 11.3 Å². The number of aryl methyl sites for hydroxylation is 1. The number of benzene rings is 1. The molecule has 30 heavy (non-hydrogen) atoms. The van der Waals surface area contributed by atoms with Crippen LogP contribution in [0.3, 0.4) is 0 Å². The monoisotopic (exact) mass is 422 g/mol. The highest BCUT2D eigenvalue weighted by Gasteiger charge is 2.23. The number of aromatic nitrogens is 4. The third kappa shape index (κ3) is 3.29. The lowest BCUT2D eigenvalue weighted by molar-refractivity contribution is -0.130. The van der Waals surface area contributed by atoms with E-state index >= 15 is 0 Å². The number of carbonyl (C=O) groups excluding carboxylic acids is 1. The zero-order chi connectivity index (χ0) is 20.7. The normalized spacial score (nSPS) is 16.4. The summed E-state index contributed by atoms with van der Waals surface area (Å²) in [5.41, 5.74) is 4.65. The molecule has 1 atom stereocenters. The number of pyridine rings is 1. The molecule has 0 bridgehead atoms. The highest BCUT2D eigenvalue weighted by molar-refractivity contribution is 7.22. The largest absolute Gasteiger partial charge is 0.371 e. The molecule has 0 aliphatic carbocycles. The van der Waals surface area contributed by atoms with E-state index in [9.17, 15) is 4.79 Å². The Kier molecular flexibility index (Phi) is 4.84. The van der Waals surface area contributed by atoms with E-state index in [4.69, 9.17) is 9.72 Å². The van der Waals surface area contributed by atoms with Crippen molar-refractivity contribution in [2.45, 2.75) is 25.5 Å². The van der Waals surface area contributed by atoms with Crippen LogP contribution in [0.4, 0.5) is 5.82 Å². The Bertz CT molecular complexity index is 1220. The maximum absolute atomic E-state index is 12.1. The number of carbonyl (C=O) groups is 1. The first-order chi connectivity index (χ1) is 14.6. The lowest BCUT2D eigenvalue weighted by Crippen LogP contribution is -2.33. The van der Waals surface area contributed by atoms with E-state index in [0.29, 0.717) is 18.8 Å². The number of imidazole rings is 1. The Morgan fingerprint density at radius 1 is 1.30 bits per heavy atom. The van der Waals surface area contributed by atoms with Gasteiger partial charge in [0.1, 0.15) is 21.3 Å². The highest BCUT2D eigenvalue weighted by Crippen LogP contribution is 2.35. The molecule has 1 aromatic carbocycles. The first-order valence-corrected chi connectivity index (χ1v) is 10.7. The summed E-state index contributed by atoms with van der Waals surface area (Å²) in [7, 11) is 3.82. The molecular weight excluding hydrogens is 400 g/mol. The van der Waals surface area contributed by atoms with Gasteiger partial charge in [-0.1, -0.05) is 24.3 Å². The molecule has 0 saturated carbocycles. The van der Waals surface area contributed by atoms with E-state index in [1.54, 1.807) is 17.7 Å². The minimum absolute atomic E-state index is 0.0330. The number of nitrogens with one attached hydrogen (secondary N) is 2. The summed E-state index contributed by atoms with van der Waals surface area (Å²) in [4.78, 5) is 26.0. The molecule has 3 aromatic heterocycles. The van der Waals surface area contributed by atoms with Gasteiger partial charge in [0.2, 0.25) is 5.91 Å². The number of hydrogen-bond donors (Lipinski definition) is 2. The third-order valence-corrected chi connectivity index (χ3v) is 6.43. The summed E-state index contributed by atoms with van der Waals surface area (Å²) in [6.45, 7) is 1.16. The van der Waals surface area contributed by atoms with E-state index in [1.165, 1.54) is 0 Å². The van der Waals surface area contributed by atoms with Gasteiger partial charge in [0, 0.05) is 32.8 Å². The first kappa shape index (κ1) is 19.0. The summed E-state index contributed by atoms with van der Waals surface area (Å²) in [5.74, 6) is 0.696. The fraction of sp³-hybridized carbons (Fsp3) is 0.333. The van der Waals surface area contributed by atoms with Crippen molar-refractivity contribution in [3.8, 4) is 10.6 Å². The summed E-state index contributed by atoms with van der Waals surface area (Å²) >= 11 is 1.61. The first-order valence-electron chi connectivity index (χ1n) is 9.92. The number of hydrogen-bond acceptors (Lipinski definition) is 7. The molecular formula is C21H22N6O2S. The van der Waals surface area contributed by atoms with Crippen LogP contribution >= 0.6 is 11.3 Å². The average molecular weight is 423 g/mol. The fourth-order valence-corrected chi connectivity index (χ4v) is 4.82. The molecule has 4 heterocycles. The molecule has 1 aliphatic rings. The van der Waals surface area contributed by atoms with E-state index < -0.39 is 0 Å². The average Bonchev–Trinajstić information content (AvgIpc) is 3.51. The van der Waals surface area contributed by atoms with Crippen molar-refractivity contribution in [3.63, 3.8) is 0 Å². The summed E-state index contributed by atoms with van der Waals surface area (Å²) < 4.78 is 8.45. The predicted molar refractivity (Wildman–Crippen MR) is 117 cm³/mol. The number of fused-ring (bicyclic) bond motifs is 3. The smallest absolute Gasteiger partial charge is 0.249 e. The lowest BCUT2D eigenvalue weighted by atomic mass is 10.1. The topological polar surface area (TPSA) is 94.0 Å². The Labute approximate surface area is 177 Å². The Hall–Kier alpha value is -3.04. The molecule has 1 amide bonds. The van der Waals surface area contributed by atoms with Gasteiger partial charge in [-0.2, -0.15) is 0 Å². The van der Waals surface area contributed by atoms with Gasteiger partial charge in [-0.3, -0.25) is 4.79 Å². The zero-order valence-corrected chi connectivity index (χ0v) is 17.6. The second kappa shape index (κ2) is 7.66. The number of ether oxygens (including phenoxy) is 1. The predicted octanol–water partition coefficient (Wildman–Crippen LogP) is 3.08. The number of amides is 1. The quantitative estimate of drug-likeness (QED) is 0.513. The van der Waals surface area contributed by atoms with Crippen molar-refractivity contribution in [3.05, 3.63) is 36.2 Å². The van der Waals surface area contributed by atoms with Crippen molar-refractivity contribution >= 4 is 44.4 Å². The third-order valence-electron chi connectivity index (χ3n) is 5.33. The van der Waals surface area contributed by atoms with Crippen LogP contribution in [0.2, 0.25) is 0 Å². The lowest BCUT2D eigenvalue weighted by Gasteiger charge is -2.10. The van der Waals surface area contributed by atoms with Crippen molar-refractivity contribution < 1.29 is 9.53 Å². The molecule has 154 valence electrons. The molecule has 1 saturated heterocycles. The molecule has 1 aliphatic heterocycles. The number of rotatable bonds is 5. The van der Waals surface area contributed by atoms with Gasteiger partial charge in [-0.05, 0) is 18.4 Å². The maximum Gasteiger partial charge on any atom is 0.249 e. The number of nitrogens with zero attached hydrogens (tertiary/aromatic N) is 4. The van der Waals surface area contributed by atoms with Gasteiger partial charge in [-0.25, -0.2) is 15.0 Å². The van der Waals surface area contributed by atoms with Crippen LogP contribution < -0.4 is 10.6 Å². The van der Waals surface area contributed by atoms with E-state index in [1.807, 2.05) is 42.9 Å². The minimum atomic E-state index is -0.300. The van der Waals surface area contributed by atoms with Crippen LogP contribution in [0.1, 0.15) is 18.4 Å². The molecule has 4 aromatic rings. The summed E-state index contributed by atoms with van der Waals surface area (Å²) in [6, 6.07) is 8.10. The maximum atomic E-state index is 12.1. The van der Waals surface area contributed by atoms with Gasteiger partial charge in [0.15, 0.2) is 11.5 Å². The van der Waals surface area contributed by atoms with Crippen LogP contribution in [0.15, 0.2) is 30.6 Å². The van der Waals surface area contributed by atoms with Crippen molar-refractivity contribution in [2.75, 3.05) is 19.0 Å². The van der Waals surface area contributed by atoms with Gasteiger partial charge < -0.3 is 19.9 Å². The Morgan fingerprint density at radius 3 is 2.87 bits per heavy atom. The van der Waals surface area contributed by atoms with Crippen LogP contribution in [0, 0.1) is 0 Å². The van der Waals surface area contributed by atoms with Crippen molar-refractivity contribution in [2.24, 2.45) is 7.05 Å². The highest BCUT2D eigenvalue weighted by atomic mass is 32.1. The Balaban J connectivity index is 1.39.